The van der Waals surface area contributed by atoms with Gasteiger partial charge in [0.05, 0.1) is 26.7 Å². The first kappa shape index (κ1) is 30.6. The fraction of sp³-hybridized carbons (Fsp3) is 0.364. The number of cyclic esters (lactones) is 1. The van der Waals surface area contributed by atoms with Gasteiger partial charge in [-0.3, -0.25) is 9.59 Å². The number of methoxy groups -OCH3 is 2. The maximum atomic E-state index is 14.1. The van der Waals surface area contributed by atoms with Crippen LogP contribution in [0.5, 0.6) is 11.5 Å². The zero-order chi connectivity index (χ0) is 30.8. The monoisotopic (exact) mass is 577 g/mol. The topological polar surface area (TPSA) is 102 Å². The van der Waals surface area contributed by atoms with E-state index in [9.17, 15) is 23.9 Å². The molecule has 0 aromatic heterocycles. The van der Waals surface area contributed by atoms with Crippen LogP contribution in [0, 0.1) is 25.6 Å². The van der Waals surface area contributed by atoms with Gasteiger partial charge in [0.2, 0.25) is 5.91 Å². The molecular formula is C33H36FNO7. The second-order valence-electron chi connectivity index (χ2n) is 11.0. The zero-order valence-electron chi connectivity index (χ0n) is 24.6. The van der Waals surface area contributed by atoms with Crippen molar-refractivity contribution in [3.8, 4) is 11.5 Å². The Bertz CT molecular complexity index is 1430. The van der Waals surface area contributed by atoms with Gasteiger partial charge in [0, 0.05) is 23.5 Å². The molecule has 0 aliphatic carbocycles. The molecule has 0 radical (unpaired) electrons. The number of aryl methyl sites for hydroxylation is 2. The fourth-order valence-electron chi connectivity index (χ4n) is 5.93. The summed E-state index contributed by atoms with van der Waals surface area (Å²) in [6.07, 6.45) is -1.55. The molecule has 42 heavy (non-hydrogen) atoms. The highest BCUT2D eigenvalue weighted by atomic mass is 19.1. The van der Waals surface area contributed by atoms with Crippen molar-refractivity contribution in [1.82, 2.24) is 4.90 Å². The number of carboxylic acids is 1. The number of hydrogen-bond acceptors (Lipinski definition) is 6. The highest BCUT2D eigenvalue weighted by Crippen LogP contribution is 2.53. The largest absolute Gasteiger partial charge is 0.496 e. The average Bonchev–Trinajstić information content (AvgIpc) is 3.26. The highest BCUT2D eigenvalue weighted by Gasteiger charge is 2.61. The SMILES string of the molecule is COc1ccc(C)cc1C1(c2cc(C)ccc2OC)OC(=O)N(C(=O)C[C@@H](CC(=O)O)c2ccc(F)cc2)[C@H]1C(C)C. The Kier molecular flexibility index (Phi) is 8.89. The lowest BCUT2D eigenvalue weighted by molar-refractivity contribution is -0.137. The molecule has 1 N–H and O–H groups in total. The molecule has 1 saturated heterocycles. The molecule has 3 aromatic carbocycles. The molecule has 8 nitrogen and oxygen atoms in total. The highest BCUT2D eigenvalue weighted by molar-refractivity contribution is 5.95. The molecule has 1 fully saturated rings. The Morgan fingerprint density at radius 3 is 1.90 bits per heavy atom. The van der Waals surface area contributed by atoms with Crippen LogP contribution in [-0.2, 0) is 19.9 Å². The van der Waals surface area contributed by atoms with Gasteiger partial charge in [-0.1, -0.05) is 49.2 Å². The number of carboxylic acid groups (broad SMARTS) is 1. The number of carbonyl (C=O) groups is 3. The van der Waals surface area contributed by atoms with Crippen molar-refractivity contribution in [2.24, 2.45) is 5.92 Å². The summed E-state index contributed by atoms with van der Waals surface area (Å²) in [5.41, 5.74) is 1.84. The molecule has 222 valence electrons. The Balaban J connectivity index is 1.92. The average molecular weight is 578 g/mol. The van der Waals surface area contributed by atoms with E-state index in [1.807, 2.05) is 52.0 Å². The van der Waals surface area contributed by atoms with Gasteiger partial charge in [-0.05, 0) is 61.7 Å². The third-order valence-electron chi connectivity index (χ3n) is 7.73. The van der Waals surface area contributed by atoms with E-state index in [-0.39, 0.29) is 18.8 Å². The summed E-state index contributed by atoms with van der Waals surface area (Å²) in [7, 11) is 3.05. The number of carbonyl (C=O) groups excluding carboxylic acids is 2. The van der Waals surface area contributed by atoms with Gasteiger partial charge in [0.15, 0.2) is 5.60 Å². The lowest BCUT2D eigenvalue weighted by atomic mass is 9.74. The van der Waals surface area contributed by atoms with E-state index in [1.54, 1.807) is 12.1 Å². The van der Waals surface area contributed by atoms with Gasteiger partial charge in [0.25, 0.3) is 0 Å². The van der Waals surface area contributed by atoms with E-state index in [4.69, 9.17) is 14.2 Å². The lowest BCUT2D eigenvalue weighted by Gasteiger charge is -2.39. The van der Waals surface area contributed by atoms with Crippen LogP contribution in [0.15, 0.2) is 60.7 Å². The van der Waals surface area contributed by atoms with E-state index >= 15 is 0 Å². The van der Waals surface area contributed by atoms with Gasteiger partial charge in [-0.15, -0.1) is 0 Å². The molecule has 4 rings (SSSR count). The number of rotatable bonds is 10. The van der Waals surface area contributed by atoms with Crippen LogP contribution in [0.3, 0.4) is 0 Å². The minimum Gasteiger partial charge on any atom is -0.496 e. The summed E-state index contributed by atoms with van der Waals surface area (Å²) in [5.74, 6) is -2.39. The zero-order valence-corrected chi connectivity index (χ0v) is 24.6. The van der Waals surface area contributed by atoms with Crippen molar-refractivity contribution in [1.29, 1.82) is 0 Å². The maximum Gasteiger partial charge on any atom is 0.418 e. The molecule has 1 heterocycles. The van der Waals surface area contributed by atoms with E-state index in [0.29, 0.717) is 28.2 Å². The number of imide groups is 1. The molecule has 2 amide bonds. The van der Waals surface area contributed by atoms with Crippen LogP contribution in [-0.4, -0.2) is 48.2 Å². The first-order valence-corrected chi connectivity index (χ1v) is 13.7. The molecule has 0 bridgehead atoms. The Labute approximate surface area is 245 Å². The van der Waals surface area contributed by atoms with Gasteiger partial charge >= 0.3 is 12.1 Å². The number of benzene rings is 3. The van der Waals surface area contributed by atoms with Crippen molar-refractivity contribution in [2.75, 3.05) is 14.2 Å². The van der Waals surface area contributed by atoms with Crippen molar-refractivity contribution < 1.29 is 38.1 Å². The molecule has 0 saturated carbocycles. The number of aliphatic carboxylic acids is 1. The summed E-state index contributed by atoms with van der Waals surface area (Å²) in [5, 5.41) is 9.60. The van der Waals surface area contributed by atoms with Crippen LogP contribution < -0.4 is 9.47 Å². The van der Waals surface area contributed by atoms with E-state index < -0.39 is 41.3 Å². The standard InChI is InChI=1S/C33H36FNO7/c1-19(2)31-33(25-15-20(3)7-13-27(25)40-5,26-16-21(4)8-14-28(26)41-6)42-32(39)35(31)29(36)17-23(18-30(37)38)22-9-11-24(34)12-10-22/h7-16,19,23,31H,17-18H2,1-6H3,(H,37,38)/t23-,31-/m0/s1. The van der Waals surface area contributed by atoms with Crippen LogP contribution in [0.4, 0.5) is 9.18 Å². The van der Waals surface area contributed by atoms with Crippen LogP contribution in [0.1, 0.15) is 60.4 Å². The van der Waals surface area contributed by atoms with Crippen molar-refractivity contribution in [3.05, 3.63) is 94.3 Å². The fourth-order valence-corrected chi connectivity index (χ4v) is 5.93. The summed E-state index contributed by atoms with van der Waals surface area (Å²) in [6.45, 7) is 7.60. The minimum absolute atomic E-state index is 0.303. The van der Waals surface area contributed by atoms with E-state index in [1.165, 1.54) is 38.5 Å². The predicted molar refractivity (Wildman–Crippen MR) is 154 cm³/mol. The normalized spacial score (nSPS) is 16.7. The molecule has 2 atom stereocenters. The minimum atomic E-state index is -1.52. The van der Waals surface area contributed by atoms with Gasteiger partial charge < -0.3 is 19.3 Å². The number of nitrogens with zero attached hydrogens (tertiary/aromatic N) is 1. The van der Waals surface area contributed by atoms with Crippen molar-refractivity contribution >= 4 is 18.0 Å². The molecule has 1 aliphatic rings. The Morgan fingerprint density at radius 1 is 0.929 bits per heavy atom. The number of amides is 2. The van der Waals surface area contributed by atoms with Crippen LogP contribution >= 0.6 is 0 Å². The smallest absolute Gasteiger partial charge is 0.418 e. The molecule has 9 heteroatoms. The number of hydrogen-bond donors (Lipinski definition) is 1. The van der Waals surface area contributed by atoms with E-state index in [0.717, 1.165) is 16.0 Å². The first-order valence-electron chi connectivity index (χ1n) is 13.7. The Morgan fingerprint density at radius 2 is 1.45 bits per heavy atom. The van der Waals surface area contributed by atoms with E-state index in [2.05, 4.69) is 0 Å². The lowest BCUT2D eigenvalue weighted by Crippen LogP contribution is -2.50. The van der Waals surface area contributed by atoms with Crippen molar-refractivity contribution in [3.63, 3.8) is 0 Å². The summed E-state index contributed by atoms with van der Waals surface area (Å²) < 4.78 is 31.5. The van der Waals surface area contributed by atoms with Gasteiger partial charge in [0.1, 0.15) is 17.3 Å². The van der Waals surface area contributed by atoms with Gasteiger partial charge in [-0.2, -0.15) is 0 Å². The van der Waals surface area contributed by atoms with Gasteiger partial charge in [-0.25, -0.2) is 14.1 Å². The Hall–Kier alpha value is -4.40. The second-order valence-corrected chi connectivity index (χ2v) is 11.0. The molecule has 0 spiro atoms. The molecule has 3 aromatic rings. The molecular weight excluding hydrogens is 541 g/mol. The maximum absolute atomic E-state index is 14.1. The summed E-state index contributed by atoms with van der Waals surface area (Å²) in [6, 6.07) is 15.6. The third-order valence-corrected chi connectivity index (χ3v) is 7.73. The third kappa shape index (κ3) is 5.68. The van der Waals surface area contributed by atoms with Crippen LogP contribution in [0.2, 0.25) is 0 Å². The predicted octanol–water partition coefficient (Wildman–Crippen LogP) is 6.36. The molecule has 0 unspecified atom stereocenters. The van der Waals surface area contributed by atoms with Crippen LogP contribution in [0.25, 0.3) is 0 Å². The van der Waals surface area contributed by atoms with Crippen molar-refractivity contribution in [2.45, 2.75) is 58.1 Å². The first-order chi connectivity index (χ1) is 19.9. The number of ether oxygens (including phenoxy) is 3. The summed E-state index contributed by atoms with van der Waals surface area (Å²) in [4.78, 5) is 40.8. The quantitative estimate of drug-likeness (QED) is 0.299. The number of halogens is 1. The molecule has 1 aliphatic heterocycles. The summed E-state index contributed by atoms with van der Waals surface area (Å²) >= 11 is 0. The second kappa shape index (κ2) is 12.2.